The maximum atomic E-state index is 2.46. The summed E-state index contributed by atoms with van der Waals surface area (Å²) in [6.45, 7) is 0. The minimum Gasteiger partial charge on any atom is -0.310 e. The SMILES string of the molecule is c1ccc(-c2ccc(-c3ccccc3-n3c4ccccc4c4ccc(N(c5ccccc5)c5cc(-c6cccc7ccccc67)ccc5-c5ccccc5)cc43)cc2)cc1. The third kappa shape index (κ3) is 6.23. The Bertz CT molecular complexity index is 3290. The molecule has 1 heterocycles. The van der Waals surface area contributed by atoms with E-state index in [1.165, 1.54) is 66.0 Å². The number of benzene rings is 10. The van der Waals surface area contributed by atoms with Gasteiger partial charge in [-0.25, -0.2) is 0 Å². The molecule has 0 amide bonds. The fourth-order valence-electron chi connectivity index (χ4n) is 8.97. The summed E-state index contributed by atoms with van der Waals surface area (Å²) >= 11 is 0. The van der Waals surface area contributed by atoms with E-state index in [-0.39, 0.29) is 0 Å². The molecule has 0 aliphatic rings. The highest BCUT2D eigenvalue weighted by Crippen LogP contribution is 2.46. The number of para-hydroxylation sites is 3. The molecule has 1 aromatic heterocycles. The lowest BCUT2D eigenvalue weighted by atomic mass is 9.94. The number of hydrogen-bond donors (Lipinski definition) is 0. The molecule has 0 N–H and O–H groups in total. The topological polar surface area (TPSA) is 8.17 Å². The smallest absolute Gasteiger partial charge is 0.0562 e. The van der Waals surface area contributed by atoms with Crippen LogP contribution in [0.1, 0.15) is 0 Å². The minimum absolute atomic E-state index is 1.08. The third-order valence-electron chi connectivity index (χ3n) is 11.8. The van der Waals surface area contributed by atoms with Crippen LogP contribution in [0.3, 0.4) is 0 Å². The molecule has 282 valence electrons. The van der Waals surface area contributed by atoms with E-state index in [1.54, 1.807) is 0 Å². The van der Waals surface area contributed by atoms with E-state index in [0.717, 1.165) is 33.8 Å². The Morgan fingerprint density at radius 2 is 0.833 bits per heavy atom. The van der Waals surface area contributed by atoms with Crippen LogP contribution in [0.2, 0.25) is 0 Å². The Hall–Kier alpha value is -7.94. The van der Waals surface area contributed by atoms with E-state index in [4.69, 9.17) is 0 Å². The average molecular weight is 765 g/mol. The summed E-state index contributed by atoms with van der Waals surface area (Å²) in [5.74, 6) is 0. The fraction of sp³-hybridized carbons (Fsp3) is 0. The first-order valence-electron chi connectivity index (χ1n) is 20.6. The van der Waals surface area contributed by atoms with Gasteiger partial charge in [0.1, 0.15) is 0 Å². The highest BCUT2D eigenvalue weighted by molar-refractivity contribution is 6.11. The Morgan fingerprint density at radius 3 is 1.63 bits per heavy atom. The summed E-state index contributed by atoms with van der Waals surface area (Å²) in [5.41, 5.74) is 16.2. The van der Waals surface area contributed by atoms with E-state index >= 15 is 0 Å². The molecule has 60 heavy (non-hydrogen) atoms. The van der Waals surface area contributed by atoms with Crippen molar-refractivity contribution >= 4 is 49.6 Å². The second kappa shape index (κ2) is 15.1. The van der Waals surface area contributed by atoms with Crippen LogP contribution in [0.5, 0.6) is 0 Å². The van der Waals surface area contributed by atoms with Crippen molar-refractivity contribution in [3.63, 3.8) is 0 Å². The zero-order valence-electron chi connectivity index (χ0n) is 33.0. The number of rotatable bonds is 8. The van der Waals surface area contributed by atoms with Crippen LogP contribution < -0.4 is 4.90 Å². The van der Waals surface area contributed by atoms with E-state index < -0.39 is 0 Å². The van der Waals surface area contributed by atoms with E-state index in [9.17, 15) is 0 Å². The predicted molar refractivity (Wildman–Crippen MR) is 255 cm³/mol. The van der Waals surface area contributed by atoms with Gasteiger partial charge in [-0.1, -0.05) is 200 Å². The van der Waals surface area contributed by atoms with Crippen molar-refractivity contribution in [1.29, 1.82) is 0 Å². The third-order valence-corrected chi connectivity index (χ3v) is 11.8. The van der Waals surface area contributed by atoms with Crippen LogP contribution in [0.15, 0.2) is 243 Å². The molecule has 10 aromatic carbocycles. The van der Waals surface area contributed by atoms with Crippen molar-refractivity contribution in [2.24, 2.45) is 0 Å². The summed E-state index contributed by atoms with van der Waals surface area (Å²) in [7, 11) is 0. The minimum atomic E-state index is 1.08. The van der Waals surface area contributed by atoms with E-state index in [2.05, 4.69) is 252 Å². The van der Waals surface area contributed by atoms with Gasteiger partial charge in [0.15, 0.2) is 0 Å². The van der Waals surface area contributed by atoms with E-state index in [1.807, 2.05) is 0 Å². The fourth-order valence-corrected chi connectivity index (χ4v) is 8.97. The van der Waals surface area contributed by atoms with Crippen molar-refractivity contribution in [2.75, 3.05) is 4.90 Å². The molecule has 11 rings (SSSR count). The first-order valence-corrected chi connectivity index (χ1v) is 20.6. The Balaban J connectivity index is 1.14. The van der Waals surface area contributed by atoms with Crippen LogP contribution in [0.25, 0.3) is 82.8 Å². The van der Waals surface area contributed by atoms with Crippen molar-refractivity contribution in [3.05, 3.63) is 243 Å². The highest BCUT2D eigenvalue weighted by atomic mass is 15.1. The number of aromatic nitrogens is 1. The molecule has 0 spiro atoms. The molecule has 0 saturated heterocycles. The normalized spacial score (nSPS) is 11.3. The first kappa shape index (κ1) is 35.2. The summed E-state index contributed by atoms with van der Waals surface area (Å²) in [4.78, 5) is 2.44. The van der Waals surface area contributed by atoms with Gasteiger partial charge in [-0.3, -0.25) is 0 Å². The highest BCUT2D eigenvalue weighted by Gasteiger charge is 2.22. The zero-order valence-corrected chi connectivity index (χ0v) is 33.0. The molecular formula is C58H40N2. The van der Waals surface area contributed by atoms with Gasteiger partial charge < -0.3 is 9.47 Å². The molecule has 0 aliphatic heterocycles. The first-order chi connectivity index (χ1) is 29.8. The van der Waals surface area contributed by atoms with Crippen molar-refractivity contribution in [1.82, 2.24) is 4.57 Å². The quantitative estimate of drug-likeness (QED) is 0.150. The number of anilines is 3. The van der Waals surface area contributed by atoms with Crippen LogP contribution in [0, 0.1) is 0 Å². The number of hydrogen-bond acceptors (Lipinski definition) is 1. The lowest BCUT2D eigenvalue weighted by Gasteiger charge is -2.29. The largest absolute Gasteiger partial charge is 0.310 e. The molecule has 0 bridgehead atoms. The predicted octanol–water partition coefficient (Wildman–Crippen LogP) is 16.1. The van der Waals surface area contributed by atoms with Gasteiger partial charge in [0.05, 0.1) is 22.4 Å². The Kier molecular flexibility index (Phi) is 8.87. The van der Waals surface area contributed by atoms with Crippen LogP contribution in [-0.2, 0) is 0 Å². The van der Waals surface area contributed by atoms with Crippen molar-refractivity contribution < 1.29 is 0 Å². The maximum absolute atomic E-state index is 2.46. The lowest BCUT2D eigenvalue weighted by molar-refractivity contribution is 1.18. The van der Waals surface area contributed by atoms with E-state index in [0.29, 0.717) is 0 Å². The van der Waals surface area contributed by atoms with Crippen LogP contribution in [0.4, 0.5) is 17.1 Å². The molecule has 0 atom stereocenters. The van der Waals surface area contributed by atoms with Gasteiger partial charge in [0, 0.05) is 33.3 Å². The molecule has 11 aromatic rings. The van der Waals surface area contributed by atoms with Gasteiger partial charge >= 0.3 is 0 Å². The van der Waals surface area contributed by atoms with Gasteiger partial charge in [0.25, 0.3) is 0 Å². The molecule has 0 saturated carbocycles. The summed E-state index contributed by atoms with van der Waals surface area (Å²) in [6, 6.07) is 88.0. The standard InChI is InChI=1S/C58H40N2/c1-4-17-41(18-5-1)42-31-33-45(34-32-42)51-26-12-14-29-55(51)60-56-30-15-13-27-53(56)54-38-36-48(40-58(54)60)59(47-23-8-3-9-24-47)57-39-46(35-37-52(57)44-19-6-2-7-20-44)50-28-16-22-43-21-10-11-25-49(43)50/h1-40H. The lowest BCUT2D eigenvalue weighted by Crippen LogP contribution is -2.11. The second-order valence-corrected chi connectivity index (χ2v) is 15.3. The monoisotopic (exact) mass is 764 g/mol. The maximum Gasteiger partial charge on any atom is 0.0562 e. The van der Waals surface area contributed by atoms with Gasteiger partial charge in [0.2, 0.25) is 0 Å². The molecular weight excluding hydrogens is 725 g/mol. The Labute approximate surface area is 350 Å². The average Bonchev–Trinajstić information content (AvgIpc) is 3.66. The summed E-state index contributed by atoms with van der Waals surface area (Å²) in [5, 5.41) is 4.91. The Morgan fingerprint density at radius 1 is 0.283 bits per heavy atom. The number of nitrogens with zero attached hydrogens (tertiary/aromatic N) is 2. The van der Waals surface area contributed by atoms with Gasteiger partial charge in [-0.05, 0) is 86.6 Å². The zero-order chi connectivity index (χ0) is 39.8. The molecule has 2 heteroatoms. The van der Waals surface area contributed by atoms with Gasteiger partial charge in [-0.15, -0.1) is 0 Å². The van der Waals surface area contributed by atoms with Crippen LogP contribution in [-0.4, -0.2) is 4.57 Å². The van der Waals surface area contributed by atoms with Gasteiger partial charge in [-0.2, -0.15) is 0 Å². The number of fused-ring (bicyclic) bond motifs is 4. The summed E-state index contributed by atoms with van der Waals surface area (Å²) in [6.07, 6.45) is 0. The molecule has 0 fully saturated rings. The van der Waals surface area contributed by atoms with Crippen LogP contribution >= 0.6 is 0 Å². The molecule has 0 unspecified atom stereocenters. The second-order valence-electron chi connectivity index (χ2n) is 15.3. The summed E-state index contributed by atoms with van der Waals surface area (Å²) < 4.78 is 2.46. The van der Waals surface area contributed by atoms with Crippen molar-refractivity contribution in [2.45, 2.75) is 0 Å². The molecule has 0 radical (unpaired) electrons. The molecule has 2 nitrogen and oxygen atoms in total. The molecule has 0 aliphatic carbocycles. The van der Waals surface area contributed by atoms with Crippen molar-refractivity contribution in [3.8, 4) is 50.2 Å².